The number of nitriles is 1. The van der Waals surface area contributed by atoms with Gasteiger partial charge >= 0.3 is 0 Å². The number of aliphatic hydroxyl groups is 1. The Bertz CT molecular complexity index is 633. The van der Waals surface area contributed by atoms with Crippen LogP contribution >= 0.6 is 0 Å². The third kappa shape index (κ3) is 3.14. The molecule has 0 aromatic heterocycles. The van der Waals surface area contributed by atoms with Gasteiger partial charge in [-0.25, -0.2) is 4.39 Å². The summed E-state index contributed by atoms with van der Waals surface area (Å²) in [5.74, 6) is -0.604. The molecule has 0 amide bonds. The van der Waals surface area contributed by atoms with E-state index in [0.717, 1.165) is 6.07 Å². The molecule has 1 N–H and O–H groups in total. The summed E-state index contributed by atoms with van der Waals surface area (Å²) in [6.07, 6.45) is 0. The van der Waals surface area contributed by atoms with E-state index in [4.69, 9.17) is 10.00 Å². The van der Waals surface area contributed by atoms with Crippen molar-refractivity contribution in [1.29, 1.82) is 5.26 Å². The first-order chi connectivity index (χ1) is 9.53. The van der Waals surface area contributed by atoms with Crippen LogP contribution in [0, 0.1) is 17.1 Å². The van der Waals surface area contributed by atoms with E-state index in [0.29, 0.717) is 5.56 Å². The lowest BCUT2D eigenvalue weighted by atomic mass is 9.97. The van der Waals surface area contributed by atoms with E-state index in [9.17, 15) is 9.50 Å². The molecule has 4 heteroatoms. The molecule has 0 aliphatic carbocycles. The van der Waals surface area contributed by atoms with Gasteiger partial charge in [-0.15, -0.1) is 0 Å². The summed E-state index contributed by atoms with van der Waals surface area (Å²) in [5.41, 5.74) is -0.305. The van der Waals surface area contributed by atoms with Crippen LogP contribution in [0.15, 0.2) is 48.5 Å². The number of halogens is 1. The summed E-state index contributed by atoms with van der Waals surface area (Å²) < 4.78 is 19.0. The van der Waals surface area contributed by atoms with Crippen LogP contribution in [0.25, 0.3) is 0 Å². The molecule has 0 radical (unpaired) electrons. The molecule has 2 rings (SSSR count). The maximum absolute atomic E-state index is 13.7. The van der Waals surface area contributed by atoms with Crippen molar-refractivity contribution in [3.05, 3.63) is 65.5 Å². The van der Waals surface area contributed by atoms with Crippen molar-refractivity contribution in [2.24, 2.45) is 0 Å². The minimum atomic E-state index is -1.22. The Hall–Kier alpha value is -2.38. The van der Waals surface area contributed by atoms with Gasteiger partial charge in [-0.2, -0.15) is 5.26 Å². The first-order valence-electron chi connectivity index (χ1n) is 6.13. The molecule has 0 aliphatic heterocycles. The topological polar surface area (TPSA) is 53.2 Å². The predicted octanol–water partition coefficient (Wildman–Crippen LogP) is 2.98. The second kappa shape index (κ2) is 5.72. The minimum absolute atomic E-state index is 0.0141. The first-order valence-corrected chi connectivity index (χ1v) is 6.13. The Balaban J connectivity index is 2.11. The molecule has 0 heterocycles. The van der Waals surface area contributed by atoms with E-state index < -0.39 is 11.4 Å². The van der Waals surface area contributed by atoms with Gasteiger partial charge in [0.2, 0.25) is 0 Å². The van der Waals surface area contributed by atoms with Gasteiger partial charge in [-0.05, 0) is 30.7 Å². The lowest BCUT2D eigenvalue weighted by molar-refractivity contribution is 0.00643. The fourth-order valence-corrected chi connectivity index (χ4v) is 1.79. The second-order valence-corrected chi connectivity index (χ2v) is 4.69. The average Bonchev–Trinajstić information content (AvgIpc) is 2.47. The maximum Gasteiger partial charge on any atom is 0.166 e. The lowest BCUT2D eigenvalue weighted by Gasteiger charge is -2.24. The van der Waals surface area contributed by atoms with Crippen LogP contribution in [0.5, 0.6) is 5.75 Å². The predicted molar refractivity (Wildman–Crippen MR) is 72.6 cm³/mol. The Labute approximate surface area is 116 Å². The van der Waals surface area contributed by atoms with Crippen LogP contribution in [-0.4, -0.2) is 11.7 Å². The molecule has 0 bridgehead atoms. The highest BCUT2D eigenvalue weighted by atomic mass is 19.1. The quantitative estimate of drug-likeness (QED) is 0.930. The molecule has 20 heavy (non-hydrogen) atoms. The summed E-state index contributed by atoms with van der Waals surface area (Å²) >= 11 is 0. The van der Waals surface area contributed by atoms with Gasteiger partial charge in [0, 0.05) is 0 Å². The van der Waals surface area contributed by atoms with Gasteiger partial charge in [-0.1, -0.05) is 30.3 Å². The van der Waals surface area contributed by atoms with Crippen molar-refractivity contribution in [3.63, 3.8) is 0 Å². The van der Waals surface area contributed by atoms with Gasteiger partial charge in [0.1, 0.15) is 12.2 Å². The van der Waals surface area contributed by atoms with Gasteiger partial charge in [0.05, 0.1) is 11.6 Å². The number of ether oxygens (including phenoxy) is 1. The molecule has 0 saturated carbocycles. The molecular weight excluding hydrogens is 257 g/mol. The van der Waals surface area contributed by atoms with Crippen LogP contribution in [-0.2, 0) is 5.60 Å². The third-order valence-electron chi connectivity index (χ3n) is 2.97. The molecule has 2 aromatic rings. The molecule has 1 unspecified atom stereocenters. The first kappa shape index (κ1) is 14.0. The van der Waals surface area contributed by atoms with Crippen molar-refractivity contribution < 1.29 is 14.2 Å². The van der Waals surface area contributed by atoms with Crippen molar-refractivity contribution in [2.75, 3.05) is 6.61 Å². The standard InChI is InChI=1S/C16H14FNO2/c1-16(19,13-5-3-2-4-6-13)11-20-15-8-7-12(10-18)9-14(15)17/h2-9,19H,11H2,1H3. The second-order valence-electron chi connectivity index (χ2n) is 4.69. The molecule has 102 valence electrons. The fourth-order valence-electron chi connectivity index (χ4n) is 1.79. The van der Waals surface area contributed by atoms with Crippen molar-refractivity contribution >= 4 is 0 Å². The van der Waals surface area contributed by atoms with Crippen molar-refractivity contribution in [1.82, 2.24) is 0 Å². The van der Waals surface area contributed by atoms with E-state index in [-0.39, 0.29) is 17.9 Å². The SMILES string of the molecule is CC(O)(COc1ccc(C#N)cc1F)c1ccccc1. The highest BCUT2D eigenvalue weighted by Crippen LogP contribution is 2.24. The molecule has 0 aliphatic rings. The summed E-state index contributed by atoms with van der Waals surface area (Å²) in [5, 5.41) is 19.0. The third-order valence-corrected chi connectivity index (χ3v) is 2.97. The van der Waals surface area contributed by atoms with Gasteiger partial charge in [-0.3, -0.25) is 0 Å². The zero-order chi connectivity index (χ0) is 14.6. The molecule has 3 nitrogen and oxygen atoms in total. The minimum Gasteiger partial charge on any atom is -0.487 e. The molecular formula is C16H14FNO2. The van der Waals surface area contributed by atoms with Gasteiger partial charge in [0.25, 0.3) is 0 Å². The molecule has 0 saturated heterocycles. The van der Waals surface area contributed by atoms with E-state index in [1.165, 1.54) is 12.1 Å². The Morgan fingerprint density at radius 3 is 2.55 bits per heavy atom. The fraction of sp³-hybridized carbons (Fsp3) is 0.188. The monoisotopic (exact) mass is 271 g/mol. The van der Waals surface area contributed by atoms with E-state index in [1.807, 2.05) is 24.3 Å². The van der Waals surface area contributed by atoms with Crippen LogP contribution in [0.4, 0.5) is 4.39 Å². The number of rotatable bonds is 4. The zero-order valence-corrected chi connectivity index (χ0v) is 11.0. The molecule has 0 spiro atoms. The maximum atomic E-state index is 13.7. The van der Waals surface area contributed by atoms with Crippen molar-refractivity contribution in [2.45, 2.75) is 12.5 Å². The number of nitrogens with zero attached hydrogens (tertiary/aromatic N) is 1. The highest BCUT2D eigenvalue weighted by molar-refractivity contribution is 5.36. The molecule has 0 fully saturated rings. The van der Waals surface area contributed by atoms with Crippen LogP contribution in [0.3, 0.4) is 0 Å². The largest absolute Gasteiger partial charge is 0.487 e. The summed E-state index contributed by atoms with van der Waals surface area (Å²) in [6.45, 7) is 1.52. The number of benzene rings is 2. The van der Waals surface area contributed by atoms with E-state index in [2.05, 4.69) is 0 Å². The van der Waals surface area contributed by atoms with Crippen LogP contribution < -0.4 is 4.74 Å². The zero-order valence-electron chi connectivity index (χ0n) is 11.0. The normalized spacial score (nSPS) is 13.3. The number of hydrogen-bond donors (Lipinski definition) is 1. The average molecular weight is 271 g/mol. The Kier molecular flexibility index (Phi) is 4.02. The summed E-state index contributed by atoms with van der Waals surface area (Å²) in [6, 6.07) is 14.8. The van der Waals surface area contributed by atoms with Crippen LogP contribution in [0.2, 0.25) is 0 Å². The lowest BCUT2D eigenvalue weighted by Crippen LogP contribution is -2.29. The number of hydrogen-bond acceptors (Lipinski definition) is 3. The van der Waals surface area contributed by atoms with Gasteiger partial charge in [0.15, 0.2) is 11.6 Å². The summed E-state index contributed by atoms with van der Waals surface area (Å²) in [4.78, 5) is 0. The van der Waals surface area contributed by atoms with Crippen molar-refractivity contribution in [3.8, 4) is 11.8 Å². The molecule has 1 atom stereocenters. The van der Waals surface area contributed by atoms with E-state index in [1.54, 1.807) is 19.1 Å². The van der Waals surface area contributed by atoms with Gasteiger partial charge < -0.3 is 9.84 Å². The molecule has 2 aromatic carbocycles. The summed E-state index contributed by atoms with van der Waals surface area (Å²) in [7, 11) is 0. The Morgan fingerprint density at radius 1 is 1.25 bits per heavy atom. The Morgan fingerprint density at radius 2 is 1.95 bits per heavy atom. The smallest absolute Gasteiger partial charge is 0.166 e. The van der Waals surface area contributed by atoms with E-state index >= 15 is 0 Å². The highest BCUT2D eigenvalue weighted by Gasteiger charge is 2.24. The van der Waals surface area contributed by atoms with Crippen LogP contribution in [0.1, 0.15) is 18.1 Å².